The molecule has 0 aromatic rings. The lowest BCUT2D eigenvalue weighted by atomic mass is 9.94. The molecule has 2 nitrogen and oxygen atoms in total. The van der Waals surface area contributed by atoms with Crippen molar-refractivity contribution in [1.29, 1.82) is 0 Å². The van der Waals surface area contributed by atoms with Crippen LogP contribution in [0.1, 0.15) is 33.1 Å². The summed E-state index contributed by atoms with van der Waals surface area (Å²) in [4.78, 5) is 10.7. The Morgan fingerprint density at radius 2 is 2.00 bits per heavy atom. The molecule has 0 aliphatic heterocycles. The molecule has 0 bridgehead atoms. The molecule has 0 aromatic heterocycles. The number of rotatable bonds is 3. The first kappa shape index (κ1) is 11.4. The average Bonchev–Trinajstić information content (AvgIpc) is 2.52. The molecule has 0 aromatic carbocycles. The summed E-state index contributed by atoms with van der Waals surface area (Å²) in [6.07, 6.45) is -0.170. The fourth-order valence-electron chi connectivity index (χ4n) is 2.02. The second-order valence-electron chi connectivity index (χ2n) is 4.32. The zero-order valence-electron chi connectivity index (χ0n) is 8.59. The molecule has 82 valence electrons. The zero-order chi connectivity index (χ0) is 10.7. The van der Waals surface area contributed by atoms with Crippen LogP contribution >= 0.6 is 0 Å². The Hall–Kier alpha value is -0.670. The van der Waals surface area contributed by atoms with Gasteiger partial charge in [-0.15, -0.1) is 0 Å². The first-order chi connectivity index (χ1) is 6.50. The minimum atomic E-state index is -2.88. The largest absolute Gasteiger partial charge is 0.348 e. The Bertz CT molecular complexity index is 206. The number of nitrogens with one attached hydrogen (secondary N) is 1. The minimum Gasteiger partial charge on any atom is -0.348 e. The van der Waals surface area contributed by atoms with Gasteiger partial charge in [0.25, 0.3) is 5.91 Å². The molecule has 0 saturated heterocycles. The van der Waals surface area contributed by atoms with Gasteiger partial charge in [0.15, 0.2) is 0 Å². The number of hydrogen-bond donors (Lipinski definition) is 1. The van der Waals surface area contributed by atoms with Crippen molar-refractivity contribution < 1.29 is 13.6 Å². The Kier molecular flexibility index (Phi) is 3.84. The minimum absolute atomic E-state index is 0.0381. The van der Waals surface area contributed by atoms with E-state index in [1.165, 1.54) is 0 Å². The second kappa shape index (κ2) is 4.71. The van der Waals surface area contributed by atoms with Gasteiger partial charge in [0.2, 0.25) is 0 Å². The first-order valence-electron chi connectivity index (χ1n) is 5.09. The van der Waals surface area contributed by atoms with E-state index in [-0.39, 0.29) is 6.04 Å². The molecule has 1 rings (SSSR count). The van der Waals surface area contributed by atoms with Crippen LogP contribution in [0.5, 0.6) is 0 Å². The van der Waals surface area contributed by atoms with E-state index in [1.54, 1.807) is 0 Å². The van der Waals surface area contributed by atoms with Crippen LogP contribution in [0.3, 0.4) is 0 Å². The van der Waals surface area contributed by atoms with Crippen LogP contribution in [-0.2, 0) is 4.79 Å². The summed E-state index contributed by atoms with van der Waals surface area (Å²) in [5.41, 5.74) is 0. The highest BCUT2D eigenvalue weighted by atomic mass is 19.3. The van der Waals surface area contributed by atoms with E-state index in [2.05, 4.69) is 19.2 Å². The van der Waals surface area contributed by atoms with Gasteiger partial charge in [-0.05, 0) is 31.1 Å². The third-order valence-electron chi connectivity index (χ3n) is 2.96. The monoisotopic (exact) mass is 205 g/mol. The topological polar surface area (TPSA) is 29.1 Å². The molecule has 2 atom stereocenters. The Morgan fingerprint density at radius 3 is 2.43 bits per heavy atom. The van der Waals surface area contributed by atoms with Gasteiger partial charge in [0.1, 0.15) is 0 Å². The van der Waals surface area contributed by atoms with Crippen LogP contribution < -0.4 is 5.32 Å². The predicted molar refractivity (Wildman–Crippen MR) is 50.1 cm³/mol. The molecule has 1 saturated carbocycles. The highest BCUT2D eigenvalue weighted by Crippen LogP contribution is 2.31. The highest BCUT2D eigenvalue weighted by molar-refractivity contribution is 5.79. The molecular formula is C10H17F2NO. The number of carbonyl (C=O) groups excluding carboxylic acids is 1. The number of hydrogen-bond acceptors (Lipinski definition) is 1. The fourth-order valence-corrected chi connectivity index (χ4v) is 2.02. The smallest absolute Gasteiger partial charge is 0.315 e. The molecule has 0 heterocycles. The highest BCUT2D eigenvalue weighted by Gasteiger charge is 2.29. The van der Waals surface area contributed by atoms with Gasteiger partial charge in [-0.1, -0.05) is 13.8 Å². The molecule has 0 spiro atoms. The molecule has 4 heteroatoms. The van der Waals surface area contributed by atoms with Crippen molar-refractivity contribution in [2.24, 2.45) is 11.8 Å². The fraction of sp³-hybridized carbons (Fsp3) is 0.900. The molecule has 1 aliphatic carbocycles. The molecule has 1 unspecified atom stereocenters. The maximum Gasteiger partial charge on any atom is 0.315 e. The summed E-state index contributed by atoms with van der Waals surface area (Å²) in [6.45, 7) is 4.25. The van der Waals surface area contributed by atoms with Gasteiger partial charge in [-0.3, -0.25) is 4.79 Å². The van der Waals surface area contributed by atoms with Gasteiger partial charge < -0.3 is 5.32 Å². The normalized spacial score (nSPS) is 27.3. The van der Waals surface area contributed by atoms with Crippen molar-refractivity contribution in [1.82, 2.24) is 5.32 Å². The standard InChI is InChI=1S/C10H17F2NO/c1-6(2)7-3-4-8(5-7)13-10(14)9(11)12/h6-9H,3-5H2,1-2H3,(H,13,14)/t7-,8?/m1/s1. The molecular weight excluding hydrogens is 188 g/mol. The van der Waals surface area contributed by atoms with E-state index >= 15 is 0 Å². The molecule has 0 radical (unpaired) electrons. The Labute approximate surface area is 83.1 Å². The number of alkyl halides is 2. The van der Waals surface area contributed by atoms with Gasteiger partial charge in [0, 0.05) is 6.04 Å². The van der Waals surface area contributed by atoms with Crippen LogP contribution in [0.25, 0.3) is 0 Å². The van der Waals surface area contributed by atoms with Gasteiger partial charge in [-0.2, -0.15) is 8.78 Å². The predicted octanol–water partition coefficient (Wildman–Crippen LogP) is 2.19. The van der Waals surface area contributed by atoms with Crippen molar-refractivity contribution in [3.05, 3.63) is 0 Å². The summed E-state index contributed by atoms with van der Waals surface area (Å²) in [6, 6.07) is -0.0381. The summed E-state index contributed by atoms with van der Waals surface area (Å²) in [5, 5.41) is 2.37. The summed E-state index contributed by atoms with van der Waals surface area (Å²) < 4.78 is 23.9. The first-order valence-corrected chi connectivity index (χ1v) is 5.09. The molecule has 1 amide bonds. The van der Waals surface area contributed by atoms with E-state index in [9.17, 15) is 13.6 Å². The summed E-state index contributed by atoms with van der Waals surface area (Å²) in [7, 11) is 0. The summed E-state index contributed by atoms with van der Waals surface area (Å²) >= 11 is 0. The van der Waals surface area contributed by atoms with Crippen LogP contribution in [0.4, 0.5) is 8.78 Å². The van der Waals surface area contributed by atoms with E-state index in [1.807, 2.05) is 0 Å². The number of halogens is 2. The molecule has 14 heavy (non-hydrogen) atoms. The van der Waals surface area contributed by atoms with Crippen molar-refractivity contribution in [3.63, 3.8) is 0 Å². The quantitative estimate of drug-likeness (QED) is 0.751. The Morgan fingerprint density at radius 1 is 1.36 bits per heavy atom. The number of amides is 1. The van der Waals surface area contributed by atoms with Gasteiger partial charge in [-0.25, -0.2) is 0 Å². The zero-order valence-corrected chi connectivity index (χ0v) is 8.59. The van der Waals surface area contributed by atoms with Crippen LogP contribution in [0.15, 0.2) is 0 Å². The number of carbonyl (C=O) groups is 1. The summed E-state index contributed by atoms with van der Waals surface area (Å²) in [5.74, 6) is 0.0147. The third kappa shape index (κ3) is 2.93. The van der Waals surface area contributed by atoms with Gasteiger partial charge >= 0.3 is 6.43 Å². The molecule has 1 N–H and O–H groups in total. The van der Waals surface area contributed by atoms with Crippen LogP contribution in [0, 0.1) is 11.8 Å². The maximum atomic E-state index is 11.9. The Balaban J connectivity index is 2.32. The lowest BCUT2D eigenvalue weighted by molar-refractivity contribution is -0.132. The molecule has 1 fully saturated rings. The van der Waals surface area contributed by atoms with Crippen molar-refractivity contribution in [2.75, 3.05) is 0 Å². The average molecular weight is 205 g/mol. The maximum absolute atomic E-state index is 11.9. The van der Waals surface area contributed by atoms with E-state index in [4.69, 9.17) is 0 Å². The second-order valence-corrected chi connectivity index (χ2v) is 4.32. The van der Waals surface area contributed by atoms with Crippen LogP contribution in [-0.4, -0.2) is 18.4 Å². The van der Waals surface area contributed by atoms with Gasteiger partial charge in [0.05, 0.1) is 0 Å². The van der Waals surface area contributed by atoms with E-state index in [0.29, 0.717) is 11.8 Å². The third-order valence-corrected chi connectivity index (χ3v) is 2.96. The van der Waals surface area contributed by atoms with Crippen molar-refractivity contribution in [2.45, 2.75) is 45.6 Å². The van der Waals surface area contributed by atoms with E-state index in [0.717, 1.165) is 19.3 Å². The lowest BCUT2D eigenvalue weighted by Gasteiger charge is -2.15. The lowest BCUT2D eigenvalue weighted by Crippen LogP contribution is -2.37. The van der Waals surface area contributed by atoms with Crippen molar-refractivity contribution in [3.8, 4) is 0 Å². The van der Waals surface area contributed by atoms with Crippen LogP contribution in [0.2, 0.25) is 0 Å². The molecule has 1 aliphatic rings. The SMILES string of the molecule is CC(C)[C@@H]1CCC(NC(=O)C(F)F)C1. The van der Waals surface area contributed by atoms with Crippen molar-refractivity contribution >= 4 is 5.91 Å². The van der Waals surface area contributed by atoms with E-state index < -0.39 is 12.3 Å².